The Morgan fingerprint density at radius 2 is 0.661 bits per heavy atom. The lowest BCUT2D eigenvalue weighted by Gasteiger charge is -2.21. The predicted molar refractivity (Wildman–Crippen MR) is 261 cm³/mol. The number of fused-ring (bicyclic) bond motifs is 12. The van der Waals surface area contributed by atoms with Crippen molar-refractivity contribution >= 4 is 43.6 Å². The molecule has 294 valence electrons. The van der Waals surface area contributed by atoms with Crippen LogP contribution >= 0.6 is 0 Å². The van der Waals surface area contributed by atoms with Gasteiger partial charge in [-0.05, 0) is 140 Å². The van der Waals surface area contributed by atoms with Crippen molar-refractivity contribution in [3.63, 3.8) is 0 Å². The average molecular weight is 793 g/mol. The summed E-state index contributed by atoms with van der Waals surface area (Å²) < 4.78 is 4.95. The Morgan fingerprint density at radius 1 is 0.274 bits per heavy atom. The zero-order valence-corrected chi connectivity index (χ0v) is 35.4. The maximum Gasteiger partial charge on any atom is 0.0544 e. The van der Waals surface area contributed by atoms with Crippen molar-refractivity contribution in [3.05, 3.63) is 216 Å². The number of rotatable bonds is 4. The molecule has 62 heavy (non-hydrogen) atoms. The third-order valence-corrected chi connectivity index (χ3v) is 14.5. The first-order valence-electron chi connectivity index (χ1n) is 21.9. The van der Waals surface area contributed by atoms with Gasteiger partial charge in [-0.1, -0.05) is 149 Å². The van der Waals surface area contributed by atoms with Gasteiger partial charge in [0.15, 0.2) is 0 Å². The molecule has 0 bridgehead atoms. The van der Waals surface area contributed by atoms with Crippen LogP contribution in [0.15, 0.2) is 194 Å². The maximum atomic E-state index is 2.49. The zero-order valence-electron chi connectivity index (χ0n) is 35.4. The molecule has 9 aromatic carbocycles. The van der Waals surface area contributed by atoms with E-state index in [1.807, 2.05) is 0 Å². The van der Waals surface area contributed by atoms with E-state index in [1.165, 1.54) is 116 Å². The van der Waals surface area contributed by atoms with Crippen LogP contribution in [0.4, 0.5) is 0 Å². The molecular weight excluding hydrogens is 749 g/mol. The predicted octanol–water partition coefficient (Wildman–Crippen LogP) is 15.8. The van der Waals surface area contributed by atoms with Crippen LogP contribution in [-0.4, -0.2) is 9.13 Å². The monoisotopic (exact) mass is 792 g/mol. The lowest BCUT2D eigenvalue weighted by atomic mass is 9.82. The van der Waals surface area contributed by atoms with E-state index in [9.17, 15) is 0 Å². The van der Waals surface area contributed by atoms with E-state index in [1.54, 1.807) is 0 Å². The van der Waals surface area contributed by atoms with E-state index in [2.05, 4.69) is 231 Å². The van der Waals surface area contributed by atoms with Gasteiger partial charge in [0.2, 0.25) is 0 Å². The molecule has 0 spiro atoms. The van der Waals surface area contributed by atoms with Gasteiger partial charge in [0.05, 0.1) is 22.1 Å². The van der Waals surface area contributed by atoms with Crippen LogP contribution in [-0.2, 0) is 10.8 Å². The maximum absolute atomic E-state index is 2.49. The summed E-state index contributed by atoms with van der Waals surface area (Å²) in [5.74, 6) is 0. The highest BCUT2D eigenvalue weighted by Gasteiger charge is 2.37. The van der Waals surface area contributed by atoms with Crippen molar-refractivity contribution in [1.29, 1.82) is 0 Å². The molecule has 0 aliphatic heterocycles. The molecule has 2 heteroatoms. The lowest BCUT2D eigenvalue weighted by molar-refractivity contribution is 0.661. The summed E-state index contributed by atoms with van der Waals surface area (Å²) in [7, 11) is 0. The van der Waals surface area contributed by atoms with Gasteiger partial charge < -0.3 is 9.13 Å². The molecule has 0 atom stereocenters. The van der Waals surface area contributed by atoms with E-state index >= 15 is 0 Å². The van der Waals surface area contributed by atoms with Crippen LogP contribution in [0.3, 0.4) is 0 Å². The molecule has 2 heterocycles. The number of para-hydroxylation sites is 1. The van der Waals surface area contributed by atoms with Gasteiger partial charge in [0.1, 0.15) is 0 Å². The molecule has 0 amide bonds. The molecule has 2 aliphatic carbocycles. The minimum atomic E-state index is -0.101. The molecule has 0 saturated carbocycles. The van der Waals surface area contributed by atoms with Crippen molar-refractivity contribution in [1.82, 2.24) is 9.13 Å². The topological polar surface area (TPSA) is 9.86 Å². The highest BCUT2D eigenvalue weighted by atomic mass is 15.0. The van der Waals surface area contributed by atoms with Crippen LogP contribution in [0.25, 0.3) is 99.5 Å². The quantitative estimate of drug-likeness (QED) is 0.168. The first-order valence-corrected chi connectivity index (χ1v) is 21.9. The number of hydrogen-bond donors (Lipinski definition) is 0. The zero-order chi connectivity index (χ0) is 41.5. The Hall–Kier alpha value is -7.42. The van der Waals surface area contributed by atoms with Gasteiger partial charge in [-0.3, -0.25) is 0 Å². The fraction of sp³-hybridized carbons (Fsp3) is 0.100. The highest BCUT2D eigenvalue weighted by molar-refractivity contribution is 6.15. The van der Waals surface area contributed by atoms with E-state index in [0.29, 0.717) is 0 Å². The van der Waals surface area contributed by atoms with Crippen LogP contribution < -0.4 is 0 Å². The minimum Gasteiger partial charge on any atom is -0.309 e. The Labute approximate surface area is 362 Å². The van der Waals surface area contributed by atoms with E-state index in [-0.39, 0.29) is 10.8 Å². The lowest BCUT2D eigenvalue weighted by Crippen LogP contribution is -2.14. The summed E-state index contributed by atoms with van der Waals surface area (Å²) in [5.41, 5.74) is 22.9. The van der Waals surface area contributed by atoms with Crippen molar-refractivity contribution in [2.24, 2.45) is 0 Å². The summed E-state index contributed by atoms with van der Waals surface area (Å²) >= 11 is 0. The Balaban J connectivity index is 1.04. The second-order valence-corrected chi connectivity index (χ2v) is 18.6. The second-order valence-electron chi connectivity index (χ2n) is 18.6. The van der Waals surface area contributed by atoms with Crippen molar-refractivity contribution < 1.29 is 0 Å². The van der Waals surface area contributed by atoms with Gasteiger partial charge in [0, 0.05) is 43.7 Å². The third-order valence-electron chi connectivity index (χ3n) is 14.5. The Morgan fingerprint density at radius 3 is 1.16 bits per heavy atom. The number of benzene rings is 9. The van der Waals surface area contributed by atoms with Gasteiger partial charge in [-0.25, -0.2) is 0 Å². The number of aromatic nitrogens is 2. The Kier molecular flexibility index (Phi) is 7.16. The van der Waals surface area contributed by atoms with Gasteiger partial charge in [0.25, 0.3) is 0 Å². The molecule has 11 aromatic rings. The molecule has 2 aliphatic rings. The van der Waals surface area contributed by atoms with E-state index in [4.69, 9.17) is 0 Å². The van der Waals surface area contributed by atoms with Crippen molar-refractivity contribution in [2.75, 3.05) is 0 Å². The molecule has 2 aromatic heterocycles. The molecule has 0 unspecified atom stereocenters. The minimum absolute atomic E-state index is 0.0836. The van der Waals surface area contributed by atoms with Crippen molar-refractivity contribution in [3.8, 4) is 55.9 Å². The smallest absolute Gasteiger partial charge is 0.0544 e. The fourth-order valence-electron chi connectivity index (χ4n) is 11.4. The third kappa shape index (κ3) is 4.81. The standard InChI is InChI=1S/C60H44N2/c1-59(2)51-21-13-11-19-43(51)45-33-49-47-31-39(25-29-55(47)61(57(49)35-53(45)59)41-17-9-6-10-18-41)40-26-30-56-48(32-40)50-34-46-44-20-12-14-22-52(44)60(3,4)54(46)36-58(50)62(56)42-27-23-38(24-28-42)37-15-7-5-8-16-37/h5-36H,1-4H3. The van der Waals surface area contributed by atoms with Gasteiger partial charge in [-0.15, -0.1) is 0 Å². The molecular formula is C60H44N2. The van der Waals surface area contributed by atoms with Gasteiger partial charge >= 0.3 is 0 Å². The molecule has 0 radical (unpaired) electrons. The fourth-order valence-corrected chi connectivity index (χ4v) is 11.4. The van der Waals surface area contributed by atoms with Crippen LogP contribution in [0.2, 0.25) is 0 Å². The van der Waals surface area contributed by atoms with Crippen LogP contribution in [0.1, 0.15) is 49.9 Å². The number of nitrogens with zero attached hydrogens (tertiary/aromatic N) is 2. The largest absolute Gasteiger partial charge is 0.309 e. The Bertz CT molecular complexity index is 3650. The van der Waals surface area contributed by atoms with E-state index in [0.717, 1.165) is 5.69 Å². The molecule has 0 fully saturated rings. The first kappa shape index (κ1) is 35.3. The van der Waals surface area contributed by atoms with Crippen LogP contribution in [0, 0.1) is 0 Å². The summed E-state index contributed by atoms with van der Waals surface area (Å²) in [6.07, 6.45) is 0. The molecule has 13 rings (SSSR count). The van der Waals surface area contributed by atoms with Crippen molar-refractivity contribution in [2.45, 2.75) is 38.5 Å². The molecule has 0 N–H and O–H groups in total. The first-order chi connectivity index (χ1) is 30.3. The summed E-state index contributed by atoms with van der Waals surface area (Å²) in [6.45, 7) is 9.50. The van der Waals surface area contributed by atoms with Gasteiger partial charge in [-0.2, -0.15) is 0 Å². The normalized spacial score (nSPS) is 14.4. The van der Waals surface area contributed by atoms with Crippen LogP contribution in [0.5, 0.6) is 0 Å². The molecule has 2 nitrogen and oxygen atoms in total. The van der Waals surface area contributed by atoms with E-state index < -0.39 is 0 Å². The molecule has 0 saturated heterocycles. The highest BCUT2D eigenvalue weighted by Crippen LogP contribution is 2.53. The number of hydrogen-bond acceptors (Lipinski definition) is 0. The average Bonchev–Trinajstić information content (AvgIpc) is 3.96. The summed E-state index contributed by atoms with van der Waals surface area (Å²) in [5, 5.41) is 5.09. The second kappa shape index (κ2) is 12.6. The SMILES string of the molecule is CC1(C)c2ccccc2-c2cc3c4cc(-c5ccc6c(c5)c5cc7c(cc5n6-c5ccc(-c6ccccc6)cc5)C(C)(C)c5ccccc5-7)ccc4n(-c4ccccc4)c3cc21. The summed E-state index contributed by atoms with van der Waals surface area (Å²) in [4.78, 5) is 0. The summed E-state index contributed by atoms with van der Waals surface area (Å²) in [6, 6.07) is 72.7.